The van der Waals surface area contributed by atoms with E-state index in [1.807, 2.05) is 0 Å². The predicted molar refractivity (Wildman–Crippen MR) is 98.2 cm³/mol. The van der Waals surface area contributed by atoms with E-state index in [1.165, 1.54) is 20.3 Å². The summed E-state index contributed by atoms with van der Waals surface area (Å²) >= 11 is 0. The number of rotatable bonds is 4. The molecule has 0 aliphatic carbocycles. The summed E-state index contributed by atoms with van der Waals surface area (Å²) in [6, 6.07) is 9.19. The highest BCUT2D eigenvalue weighted by Gasteiger charge is 2.24. The van der Waals surface area contributed by atoms with Crippen LogP contribution in [0.1, 0.15) is 27.1 Å². The highest BCUT2D eigenvalue weighted by Crippen LogP contribution is 2.31. The summed E-state index contributed by atoms with van der Waals surface area (Å²) in [5, 5.41) is 0. The maximum absolute atomic E-state index is 14.5. The molecule has 7 heteroatoms. The fraction of sp³-hybridized carbons (Fsp3) is 0.300. The van der Waals surface area contributed by atoms with Crippen LogP contribution in [0.25, 0.3) is 11.1 Å². The van der Waals surface area contributed by atoms with Gasteiger partial charge in [-0.15, -0.1) is 0 Å². The summed E-state index contributed by atoms with van der Waals surface area (Å²) in [6.07, 6.45) is 0.793. The molecule has 0 aromatic heterocycles. The molecule has 1 saturated heterocycles. The van der Waals surface area contributed by atoms with Gasteiger partial charge in [-0.1, -0.05) is 12.1 Å². The smallest absolute Gasteiger partial charge is 0.341 e. The summed E-state index contributed by atoms with van der Waals surface area (Å²) in [5.74, 6) is -1.14. The number of carbonyl (C=O) groups excluding carboxylic acids is 2. The topological polar surface area (TPSA) is 81.9 Å². The van der Waals surface area contributed by atoms with Crippen molar-refractivity contribution in [1.82, 2.24) is 4.90 Å². The van der Waals surface area contributed by atoms with Crippen LogP contribution in [0, 0.1) is 5.82 Å². The van der Waals surface area contributed by atoms with Crippen molar-refractivity contribution < 1.29 is 23.5 Å². The molecule has 2 N–H and O–H groups in total. The summed E-state index contributed by atoms with van der Waals surface area (Å²) in [4.78, 5) is 25.9. The Bertz CT molecular complexity index is 867. The molecule has 1 fully saturated rings. The minimum Gasteiger partial charge on any atom is -0.496 e. The van der Waals surface area contributed by atoms with E-state index in [1.54, 1.807) is 29.2 Å². The molecule has 27 heavy (non-hydrogen) atoms. The van der Waals surface area contributed by atoms with Crippen molar-refractivity contribution in [1.29, 1.82) is 0 Å². The molecule has 2 aromatic carbocycles. The molecule has 1 atom stereocenters. The first-order chi connectivity index (χ1) is 12.9. The van der Waals surface area contributed by atoms with Gasteiger partial charge in [0.2, 0.25) is 0 Å². The molecule has 0 spiro atoms. The fourth-order valence-electron chi connectivity index (χ4n) is 3.16. The normalized spacial score (nSPS) is 16.3. The Hall–Kier alpha value is -2.93. The minimum atomic E-state index is -0.679. The van der Waals surface area contributed by atoms with Crippen LogP contribution >= 0.6 is 0 Å². The number of halogens is 1. The number of likely N-dealkylation sites (tertiary alicyclic amines) is 1. The maximum Gasteiger partial charge on any atom is 0.341 e. The third-order valence-electron chi connectivity index (χ3n) is 4.65. The number of nitrogens with zero attached hydrogens (tertiary/aromatic N) is 1. The molecular formula is C20H21FN2O4. The van der Waals surface area contributed by atoms with Crippen LogP contribution in [0.2, 0.25) is 0 Å². The number of nitrogens with two attached hydrogens (primary N) is 1. The van der Waals surface area contributed by atoms with Crippen LogP contribution in [-0.4, -0.2) is 50.1 Å². The number of carbonyl (C=O) groups is 2. The highest BCUT2D eigenvalue weighted by atomic mass is 19.1. The van der Waals surface area contributed by atoms with E-state index in [9.17, 15) is 14.0 Å². The molecule has 0 saturated carbocycles. The second kappa shape index (κ2) is 7.75. The van der Waals surface area contributed by atoms with E-state index in [0.29, 0.717) is 24.2 Å². The van der Waals surface area contributed by atoms with Gasteiger partial charge >= 0.3 is 5.97 Å². The zero-order valence-electron chi connectivity index (χ0n) is 15.2. The van der Waals surface area contributed by atoms with Crippen LogP contribution in [0.3, 0.4) is 0 Å². The molecule has 1 heterocycles. The van der Waals surface area contributed by atoms with E-state index < -0.39 is 11.8 Å². The molecule has 1 aliphatic heterocycles. The van der Waals surface area contributed by atoms with Gasteiger partial charge in [0.05, 0.1) is 14.2 Å². The quantitative estimate of drug-likeness (QED) is 0.834. The third kappa shape index (κ3) is 3.78. The molecular weight excluding hydrogens is 351 g/mol. The Labute approximate surface area is 156 Å². The minimum absolute atomic E-state index is 0.0124. The largest absolute Gasteiger partial charge is 0.496 e. The standard InChI is InChI=1S/C20H21FN2O4/c1-26-18-10-15(17(21)9-16(18)20(25)27-2)12-3-5-13(6-4-12)19(24)23-8-7-14(22)11-23/h3-6,9-10,14H,7-8,11,22H2,1-2H3/t14-/m1/s1. The molecule has 0 radical (unpaired) electrons. The lowest BCUT2D eigenvalue weighted by Crippen LogP contribution is -2.31. The Balaban J connectivity index is 1.89. The van der Waals surface area contributed by atoms with Gasteiger partial charge in [-0.25, -0.2) is 9.18 Å². The first-order valence-electron chi connectivity index (χ1n) is 8.55. The van der Waals surface area contributed by atoms with E-state index >= 15 is 0 Å². The number of hydrogen-bond acceptors (Lipinski definition) is 5. The number of benzene rings is 2. The highest BCUT2D eigenvalue weighted by molar-refractivity contribution is 5.95. The van der Waals surface area contributed by atoms with Crippen molar-refractivity contribution in [2.24, 2.45) is 5.73 Å². The average molecular weight is 372 g/mol. The van der Waals surface area contributed by atoms with E-state index in [0.717, 1.165) is 12.5 Å². The molecule has 3 rings (SSSR count). The number of methoxy groups -OCH3 is 2. The summed E-state index contributed by atoms with van der Waals surface area (Å²) < 4.78 is 24.4. The monoisotopic (exact) mass is 372 g/mol. The van der Waals surface area contributed by atoms with Crippen molar-refractivity contribution in [3.8, 4) is 16.9 Å². The lowest BCUT2D eigenvalue weighted by atomic mass is 10.0. The van der Waals surface area contributed by atoms with Gasteiger partial charge in [-0.05, 0) is 36.2 Å². The second-order valence-electron chi connectivity index (χ2n) is 6.40. The average Bonchev–Trinajstić information content (AvgIpc) is 3.13. The van der Waals surface area contributed by atoms with Crippen molar-refractivity contribution in [2.75, 3.05) is 27.3 Å². The molecule has 6 nitrogen and oxygen atoms in total. The lowest BCUT2D eigenvalue weighted by molar-refractivity contribution is 0.0596. The van der Waals surface area contributed by atoms with Crippen LogP contribution in [0.5, 0.6) is 5.75 Å². The Morgan fingerprint density at radius 2 is 1.89 bits per heavy atom. The second-order valence-corrected chi connectivity index (χ2v) is 6.40. The van der Waals surface area contributed by atoms with E-state index in [-0.39, 0.29) is 28.8 Å². The van der Waals surface area contributed by atoms with Gasteiger partial charge < -0.3 is 20.1 Å². The molecule has 1 amide bonds. The molecule has 0 unspecified atom stereocenters. The van der Waals surface area contributed by atoms with Gasteiger partial charge in [0.15, 0.2) is 0 Å². The van der Waals surface area contributed by atoms with Crippen LogP contribution in [0.4, 0.5) is 4.39 Å². The van der Waals surface area contributed by atoms with Gasteiger partial charge in [0, 0.05) is 30.3 Å². The fourth-order valence-corrected chi connectivity index (χ4v) is 3.16. The van der Waals surface area contributed by atoms with Crippen molar-refractivity contribution in [3.63, 3.8) is 0 Å². The molecule has 2 aromatic rings. The number of amides is 1. The Morgan fingerprint density at radius 3 is 2.44 bits per heavy atom. The van der Waals surface area contributed by atoms with Crippen molar-refractivity contribution >= 4 is 11.9 Å². The zero-order chi connectivity index (χ0) is 19.6. The summed E-state index contributed by atoms with van der Waals surface area (Å²) in [6.45, 7) is 1.18. The van der Waals surface area contributed by atoms with Crippen molar-refractivity contribution in [3.05, 3.63) is 53.3 Å². The SMILES string of the molecule is COC(=O)c1cc(F)c(-c2ccc(C(=O)N3CC[C@@H](N)C3)cc2)cc1OC. The summed E-state index contributed by atoms with van der Waals surface area (Å²) in [5.41, 5.74) is 7.21. The maximum atomic E-state index is 14.5. The Kier molecular flexibility index (Phi) is 5.41. The zero-order valence-corrected chi connectivity index (χ0v) is 15.2. The van der Waals surface area contributed by atoms with Gasteiger partial charge in [0.1, 0.15) is 17.1 Å². The van der Waals surface area contributed by atoms with Gasteiger partial charge in [-0.3, -0.25) is 4.79 Å². The van der Waals surface area contributed by atoms with Crippen LogP contribution < -0.4 is 10.5 Å². The van der Waals surface area contributed by atoms with Crippen molar-refractivity contribution in [2.45, 2.75) is 12.5 Å². The number of hydrogen-bond donors (Lipinski definition) is 1. The van der Waals surface area contributed by atoms with E-state index in [2.05, 4.69) is 4.74 Å². The molecule has 0 bridgehead atoms. The first kappa shape index (κ1) is 18.8. The van der Waals surface area contributed by atoms with Crippen LogP contribution in [-0.2, 0) is 4.74 Å². The van der Waals surface area contributed by atoms with Gasteiger partial charge in [0.25, 0.3) is 5.91 Å². The molecule has 142 valence electrons. The Morgan fingerprint density at radius 1 is 1.19 bits per heavy atom. The third-order valence-corrected chi connectivity index (χ3v) is 4.65. The predicted octanol–water partition coefficient (Wildman–Crippen LogP) is 2.46. The number of esters is 1. The van der Waals surface area contributed by atoms with E-state index in [4.69, 9.17) is 10.5 Å². The van der Waals surface area contributed by atoms with Gasteiger partial charge in [-0.2, -0.15) is 0 Å². The first-order valence-corrected chi connectivity index (χ1v) is 8.55. The molecule has 1 aliphatic rings. The number of ether oxygens (including phenoxy) is 2. The summed E-state index contributed by atoms with van der Waals surface area (Å²) in [7, 11) is 2.61. The van der Waals surface area contributed by atoms with Crippen LogP contribution in [0.15, 0.2) is 36.4 Å². The lowest BCUT2D eigenvalue weighted by Gasteiger charge is -2.16.